The van der Waals surface area contributed by atoms with Gasteiger partial charge in [0.25, 0.3) is 11.6 Å². The molecule has 12 heteroatoms. The fraction of sp³-hybridized carbons (Fsp3) is 0.381. The third-order valence-electron chi connectivity index (χ3n) is 5.75. The van der Waals surface area contributed by atoms with Gasteiger partial charge >= 0.3 is 0 Å². The monoisotopic (exact) mass is 494 g/mol. The number of sulfonamides is 1. The highest BCUT2D eigenvalue weighted by Crippen LogP contribution is 2.28. The van der Waals surface area contributed by atoms with Crippen molar-refractivity contribution in [1.29, 1.82) is 0 Å². The van der Waals surface area contributed by atoms with Crippen molar-refractivity contribution in [1.82, 2.24) is 9.21 Å². The molecule has 2 aromatic carbocycles. The molecule has 0 atom stereocenters. The fourth-order valence-electron chi connectivity index (χ4n) is 3.95. The standard InChI is InChI=1S/C21H23ClN4O6S/c22-16-1-4-18(5-2-16)33(30,31)25-9-7-24(8-10-25)21(27)19-15-17(26(28)29)3-6-20(19)23-11-13-32-14-12-23/h1-6,15H,7-14H2. The lowest BCUT2D eigenvalue weighted by Gasteiger charge is -2.35. The van der Waals surface area contributed by atoms with E-state index in [0.717, 1.165) is 0 Å². The Balaban J connectivity index is 1.53. The lowest BCUT2D eigenvalue weighted by Crippen LogP contribution is -2.50. The van der Waals surface area contributed by atoms with Crippen molar-refractivity contribution in [3.8, 4) is 0 Å². The Bertz CT molecular complexity index is 1140. The van der Waals surface area contributed by atoms with Gasteiger partial charge in [-0.1, -0.05) is 11.6 Å². The number of nitro benzene ring substituents is 1. The van der Waals surface area contributed by atoms with Crippen molar-refractivity contribution in [3.05, 3.63) is 63.2 Å². The van der Waals surface area contributed by atoms with E-state index in [2.05, 4.69) is 0 Å². The third-order valence-corrected chi connectivity index (χ3v) is 7.92. The molecule has 0 aromatic heterocycles. The highest BCUT2D eigenvalue weighted by molar-refractivity contribution is 7.89. The number of carbonyl (C=O) groups is 1. The Hall–Kier alpha value is -2.73. The number of hydrogen-bond donors (Lipinski definition) is 0. The number of hydrogen-bond acceptors (Lipinski definition) is 7. The first-order valence-corrected chi connectivity index (χ1v) is 12.3. The van der Waals surface area contributed by atoms with E-state index in [1.54, 1.807) is 6.07 Å². The summed E-state index contributed by atoms with van der Waals surface area (Å²) in [4.78, 5) is 27.8. The SMILES string of the molecule is O=C(c1cc([N+](=O)[O-])ccc1N1CCOCC1)N1CCN(S(=O)(=O)c2ccc(Cl)cc2)CC1. The largest absolute Gasteiger partial charge is 0.378 e. The molecule has 2 aromatic rings. The van der Waals surface area contributed by atoms with Crippen LogP contribution in [0.3, 0.4) is 0 Å². The molecule has 0 radical (unpaired) electrons. The summed E-state index contributed by atoms with van der Waals surface area (Å²) < 4.78 is 32.5. The maximum Gasteiger partial charge on any atom is 0.270 e. The highest BCUT2D eigenvalue weighted by Gasteiger charge is 2.32. The number of ether oxygens (including phenoxy) is 1. The van der Waals surface area contributed by atoms with Gasteiger partial charge in [-0.05, 0) is 30.3 Å². The summed E-state index contributed by atoms with van der Waals surface area (Å²) in [5.41, 5.74) is 0.685. The summed E-state index contributed by atoms with van der Waals surface area (Å²) in [5, 5.41) is 11.8. The van der Waals surface area contributed by atoms with Gasteiger partial charge in [0.15, 0.2) is 0 Å². The quantitative estimate of drug-likeness (QED) is 0.462. The molecule has 10 nitrogen and oxygen atoms in total. The van der Waals surface area contributed by atoms with Gasteiger partial charge in [0, 0.05) is 56.4 Å². The van der Waals surface area contributed by atoms with E-state index in [-0.39, 0.29) is 48.2 Å². The van der Waals surface area contributed by atoms with Gasteiger partial charge in [-0.3, -0.25) is 14.9 Å². The van der Waals surface area contributed by atoms with Gasteiger partial charge in [0.05, 0.1) is 34.3 Å². The van der Waals surface area contributed by atoms with Crippen molar-refractivity contribution in [2.75, 3.05) is 57.4 Å². The van der Waals surface area contributed by atoms with Crippen LogP contribution >= 0.6 is 11.6 Å². The zero-order chi connectivity index (χ0) is 23.6. The van der Waals surface area contributed by atoms with Crippen molar-refractivity contribution in [3.63, 3.8) is 0 Å². The van der Waals surface area contributed by atoms with E-state index >= 15 is 0 Å². The van der Waals surface area contributed by atoms with Crippen LogP contribution in [0.15, 0.2) is 47.4 Å². The highest BCUT2D eigenvalue weighted by atomic mass is 35.5. The summed E-state index contributed by atoms with van der Waals surface area (Å²) in [6.07, 6.45) is 0. The summed E-state index contributed by atoms with van der Waals surface area (Å²) in [7, 11) is -3.71. The molecule has 0 N–H and O–H groups in total. The molecule has 0 spiro atoms. The van der Waals surface area contributed by atoms with Gasteiger partial charge < -0.3 is 14.5 Å². The van der Waals surface area contributed by atoms with Crippen molar-refractivity contribution >= 4 is 38.9 Å². The smallest absolute Gasteiger partial charge is 0.270 e. The first-order valence-electron chi connectivity index (χ1n) is 10.4. The van der Waals surface area contributed by atoms with Crippen molar-refractivity contribution < 1.29 is 22.9 Å². The first-order chi connectivity index (χ1) is 15.8. The van der Waals surface area contributed by atoms with Gasteiger partial charge in [0.2, 0.25) is 10.0 Å². The molecular formula is C21H23ClN4O6S. The molecule has 0 saturated carbocycles. The minimum absolute atomic E-state index is 0.124. The number of non-ortho nitro benzene ring substituents is 1. The Labute approximate surface area is 196 Å². The summed E-state index contributed by atoms with van der Waals surface area (Å²) >= 11 is 5.85. The Kier molecular flexibility index (Phi) is 6.84. The van der Waals surface area contributed by atoms with Crippen LogP contribution in [-0.2, 0) is 14.8 Å². The van der Waals surface area contributed by atoms with Gasteiger partial charge in [-0.15, -0.1) is 0 Å². The van der Waals surface area contributed by atoms with E-state index < -0.39 is 14.9 Å². The minimum atomic E-state index is -3.71. The second-order valence-electron chi connectivity index (χ2n) is 7.71. The molecule has 0 bridgehead atoms. The fourth-order valence-corrected chi connectivity index (χ4v) is 5.49. The van der Waals surface area contributed by atoms with Gasteiger partial charge in [0.1, 0.15) is 0 Å². The van der Waals surface area contributed by atoms with Crippen LogP contribution < -0.4 is 4.90 Å². The molecule has 2 heterocycles. The van der Waals surface area contributed by atoms with Crippen LogP contribution in [0.1, 0.15) is 10.4 Å². The second-order valence-corrected chi connectivity index (χ2v) is 10.1. The Morgan fingerprint density at radius 2 is 1.61 bits per heavy atom. The van der Waals surface area contributed by atoms with Crippen LogP contribution in [0.4, 0.5) is 11.4 Å². The Morgan fingerprint density at radius 3 is 2.21 bits per heavy atom. The number of benzene rings is 2. The summed E-state index contributed by atoms with van der Waals surface area (Å²) in [5.74, 6) is -0.358. The lowest BCUT2D eigenvalue weighted by molar-refractivity contribution is -0.384. The number of rotatable bonds is 5. The van der Waals surface area contributed by atoms with Crippen LogP contribution in [0.5, 0.6) is 0 Å². The maximum absolute atomic E-state index is 13.4. The molecule has 0 unspecified atom stereocenters. The zero-order valence-electron chi connectivity index (χ0n) is 17.7. The first kappa shape index (κ1) is 23.4. The molecule has 0 aliphatic carbocycles. The number of nitro groups is 1. The Morgan fingerprint density at radius 1 is 0.970 bits per heavy atom. The van der Waals surface area contributed by atoms with Crippen LogP contribution in [0, 0.1) is 10.1 Å². The molecule has 176 valence electrons. The zero-order valence-corrected chi connectivity index (χ0v) is 19.3. The number of morpholine rings is 1. The molecule has 2 saturated heterocycles. The molecule has 2 aliphatic heterocycles. The van der Waals surface area contributed by atoms with Crippen LogP contribution in [0.25, 0.3) is 0 Å². The van der Waals surface area contributed by atoms with Crippen molar-refractivity contribution in [2.45, 2.75) is 4.90 Å². The van der Waals surface area contributed by atoms with Crippen LogP contribution in [-0.4, -0.2) is 80.9 Å². The predicted molar refractivity (Wildman–Crippen MR) is 122 cm³/mol. The summed E-state index contributed by atoms with van der Waals surface area (Å²) in [6, 6.07) is 10.2. The average Bonchev–Trinajstić information content (AvgIpc) is 2.84. The maximum atomic E-state index is 13.4. The van der Waals surface area contributed by atoms with Gasteiger partial charge in [-0.25, -0.2) is 8.42 Å². The number of amides is 1. The number of nitrogens with zero attached hydrogens (tertiary/aromatic N) is 4. The normalized spacial score (nSPS) is 17.7. The predicted octanol–water partition coefficient (Wildman–Crippen LogP) is 2.23. The van der Waals surface area contributed by atoms with Crippen molar-refractivity contribution in [2.24, 2.45) is 0 Å². The molecule has 2 aliphatic rings. The summed E-state index contributed by atoms with van der Waals surface area (Å²) in [6.45, 7) is 2.76. The third kappa shape index (κ3) is 4.96. The topological polar surface area (TPSA) is 113 Å². The number of halogens is 1. The van der Waals surface area contributed by atoms with E-state index in [9.17, 15) is 23.3 Å². The molecule has 4 rings (SSSR count). The lowest BCUT2D eigenvalue weighted by atomic mass is 10.1. The second kappa shape index (κ2) is 9.64. The number of anilines is 1. The minimum Gasteiger partial charge on any atom is -0.378 e. The van der Waals surface area contributed by atoms with Gasteiger partial charge in [-0.2, -0.15) is 4.31 Å². The number of piperazine rings is 1. The molecule has 1 amide bonds. The van der Waals surface area contributed by atoms with E-state index in [1.165, 1.54) is 45.6 Å². The molecular weight excluding hydrogens is 472 g/mol. The van der Waals surface area contributed by atoms with E-state index in [4.69, 9.17) is 16.3 Å². The van der Waals surface area contributed by atoms with E-state index in [0.29, 0.717) is 37.0 Å². The van der Waals surface area contributed by atoms with Crippen LogP contribution in [0.2, 0.25) is 5.02 Å². The molecule has 2 fully saturated rings. The van der Waals surface area contributed by atoms with E-state index in [1.807, 2.05) is 4.90 Å². The number of carbonyl (C=O) groups excluding carboxylic acids is 1. The average molecular weight is 495 g/mol. The molecule has 33 heavy (non-hydrogen) atoms.